The number of rotatable bonds is 3. The van der Waals surface area contributed by atoms with Crippen molar-refractivity contribution in [3.63, 3.8) is 0 Å². The Morgan fingerprint density at radius 1 is 1.47 bits per heavy atom. The van der Waals surface area contributed by atoms with Crippen molar-refractivity contribution >= 4 is 38.1 Å². The van der Waals surface area contributed by atoms with E-state index in [9.17, 15) is 4.21 Å². The highest BCUT2D eigenvalue weighted by atomic mass is 79.9. The largest absolute Gasteiger partial charge is 0.326 e. The van der Waals surface area contributed by atoms with Crippen LogP contribution in [0.4, 0.5) is 0 Å². The minimum atomic E-state index is -0.630. The van der Waals surface area contributed by atoms with E-state index in [0.29, 0.717) is 0 Å². The van der Waals surface area contributed by atoms with Crippen LogP contribution in [0.5, 0.6) is 0 Å². The molecule has 2 N–H and O–H groups in total. The Morgan fingerprint density at radius 3 is 2.59 bits per heavy atom. The first-order chi connectivity index (χ1) is 8.08. The van der Waals surface area contributed by atoms with Crippen LogP contribution < -0.4 is 5.73 Å². The Kier molecular flexibility index (Phi) is 4.77. The van der Waals surface area contributed by atoms with E-state index in [1.807, 2.05) is 6.92 Å². The summed E-state index contributed by atoms with van der Waals surface area (Å²) in [6.07, 6.45) is 0. The average Bonchev–Trinajstić information content (AvgIpc) is 2.68. The molecule has 1 fully saturated rings. The third kappa shape index (κ3) is 3.38. The van der Waals surface area contributed by atoms with Crippen LogP contribution in [0, 0.1) is 0 Å². The lowest BCUT2D eigenvalue weighted by Gasteiger charge is -2.35. The van der Waals surface area contributed by atoms with Crippen LogP contribution in [0.2, 0.25) is 0 Å². The van der Waals surface area contributed by atoms with Crippen LogP contribution in [-0.2, 0) is 10.8 Å². The lowest BCUT2D eigenvalue weighted by molar-refractivity contribution is 0.196. The second kappa shape index (κ2) is 5.93. The Balaban J connectivity index is 2.15. The molecule has 0 amide bonds. The molecule has 2 atom stereocenters. The normalized spacial score (nSPS) is 22.5. The van der Waals surface area contributed by atoms with Gasteiger partial charge in [-0.3, -0.25) is 9.11 Å². The molecule has 1 aliphatic rings. The van der Waals surface area contributed by atoms with Crippen molar-refractivity contribution in [2.45, 2.75) is 19.0 Å². The second-order valence-electron chi connectivity index (χ2n) is 4.33. The summed E-state index contributed by atoms with van der Waals surface area (Å²) in [5.41, 5.74) is 6.12. The first-order valence-electron chi connectivity index (χ1n) is 5.68. The van der Waals surface area contributed by atoms with E-state index in [0.717, 1.165) is 28.4 Å². The van der Waals surface area contributed by atoms with Crippen molar-refractivity contribution in [3.05, 3.63) is 20.8 Å². The number of halogens is 1. The maximum atomic E-state index is 11.4. The lowest BCUT2D eigenvalue weighted by Crippen LogP contribution is -2.45. The number of nitrogens with two attached hydrogens (primary N) is 1. The van der Waals surface area contributed by atoms with Crippen molar-refractivity contribution in [1.29, 1.82) is 0 Å². The average molecular weight is 337 g/mol. The fourth-order valence-corrected chi connectivity index (χ4v) is 4.94. The maximum absolute atomic E-state index is 11.4. The van der Waals surface area contributed by atoms with Gasteiger partial charge >= 0.3 is 0 Å². The van der Waals surface area contributed by atoms with Gasteiger partial charge in [0.15, 0.2) is 0 Å². The smallest absolute Gasteiger partial charge is 0.0702 e. The molecule has 1 saturated heterocycles. The third-order valence-electron chi connectivity index (χ3n) is 2.99. The van der Waals surface area contributed by atoms with Gasteiger partial charge in [0.1, 0.15) is 0 Å². The monoisotopic (exact) mass is 336 g/mol. The van der Waals surface area contributed by atoms with Crippen LogP contribution >= 0.6 is 27.3 Å². The van der Waals surface area contributed by atoms with Crippen molar-refractivity contribution in [3.8, 4) is 0 Å². The summed E-state index contributed by atoms with van der Waals surface area (Å²) in [4.78, 5) is 3.66. The van der Waals surface area contributed by atoms with Gasteiger partial charge in [0.2, 0.25) is 0 Å². The van der Waals surface area contributed by atoms with Gasteiger partial charge in [0.25, 0.3) is 0 Å². The van der Waals surface area contributed by atoms with Gasteiger partial charge in [0, 0.05) is 46.3 Å². The highest BCUT2D eigenvalue weighted by Gasteiger charge is 2.28. The molecule has 0 aliphatic carbocycles. The van der Waals surface area contributed by atoms with Gasteiger partial charge in [-0.15, -0.1) is 11.3 Å². The highest BCUT2D eigenvalue weighted by Crippen LogP contribution is 2.32. The van der Waals surface area contributed by atoms with Crippen LogP contribution in [0.3, 0.4) is 0 Å². The zero-order chi connectivity index (χ0) is 12.4. The molecule has 1 aromatic rings. The molecule has 0 aromatic carbocycles. The molecular weight excluding hydrogens is 320 g/mol. The van der Waals surface area contributed by atoms with E-state index in [1.54, 1.807) is 11.3 Å². The summed E-state index contributed by atoms with van der Waals surface area (Å²) >= 11 is 5.23. The zero-order valence-corrected chi connectivity index (χ0v) is 13.0. The second-order valence-corrected chi connectivity index (χ2v) is 8.52. The molecule has 2 rings (SSSR count). The standard InChI is InChI=1S/C11H17BrN2OS2/c1-8(13)11(9-2-3-10(12)16-9)14-4-6-17(15)7-5-14/h2-3,8,11H,4-7,13H2,1H3. The highest BCUT2D eigenvalue weighted by molar-refractivity contribution is 9.11. The van der Waals surface area contributed by atoms with E-state index in [2.05, 4.69) is 33.0 Å². The third-order valence-corrected chi connectivity index (χ3v) is 5.96. The topological polar surface area (TPSA) is 46.3 Å². The Labute approximate surface area is 117 Å². The molecule has 0 saturated carbocycles. The first kappa shape index (κ1) is 13.7. The van der Waals surface area contributed by atoms with E-state index in [4.69, 9.17) is 5.73 Å². The summed E-state index contributed by atoms with van der Waals surface area (Å²) in [7, 11) is -0.630. The fourth-order valence-electron chi connectivity index (χ4n) is 2.19. The van der Waals surface area contributed by atoms with E-state index in [-0.39, 0.29) is 12.1 Å². The lowest BCUT2D eigenvalue weighted by atomic mass is 10.1. The predicted molar refractivity (Wildman–Crippen MR) is 77.9 cm³/mol. The van der Waals surface area contributed by atoms with Crippen LogP contribution in [-0.4, -0.2) is 39.7 Å². The molecule has 2 heterocycles. The van der Waals surface area contributed by atoms with Gasteiger partial charge in [-0.2, -0.15) is 0 Å². The SMILES string of the molecule is CC(N)C(c1ccc(Br)s1)N1CCS(=O)CC1. The Morgan fingerprint density at radius 2 is 2.12 bits per heavy atom. The summed E-state index contributed by atoms with van der Waals surface area (Å²) in [5, 5.41) is 0. The fraction of sp³-hybridized carbons (Fsp3) is 0.636. The predicted octanol–water partition coefficient (Wildman–Crippen LogP) is 1.96. The summed E-state index contributed by atoms with van der Waals surface area (Å²) in [5.74, 6) is 1.55. The molecule has 96 valence electrons. The van der Waals surface area contributed by atoms with Crippen LogP contribution in [0.25, 0.3) is 0 Å². The quantitative estimate of drug-likeness (QED) is 0.917. The molecule has 2 unspecified atom stereocenters. The number of hydrogen-bond acceptors (Lipinski definition) is 4. The van der Waals surface area contributed by atoms with E-state index >= 15 is 0 Å². The van der Waals surface area contributed by atoms with Crippen LogP contribution in [0.15, 0.2) is 15.9 Å². The number of hydrogen-bond donors (Lipinski definition) is 1. The Hall–Kier alpha value is 0.250. The molecule has 1 aliphatic heterocycles. The number of nitrogens with zero attached hydrogens (tertiary/aromatic N) is 1. The minimum Gasteiger partial charge on any atom is -0.326 e. The molecule has 0 bridgehead atoms. The number of thiophene rings is 1. The van der Waals surface area contributed by atoms with Gasteiger partial charge in [-0.25, -0.2) is 0 Å². The molecule has 3 nitrogen and oxygen atoms in total. The summed E-state index contributed by atoms with van der Waals surface area (Å²) in [6, 6.07) is 4.54. The van der Waals surface area contributed by atoms with E-state index in [1.165, 1.54) is 4.88 Å². The molecule has 17 heavy (non-hydrogen) atoms. The van der Waals surface area contributed by atoms with Gasteiger partial charge in [0.05, 0.1) is 9.83 Å². The maximum Gasteiger partial charge on any atom is 0.0702 e. The first-order valence-corrected chi connectivity index (χ1v) is 8.77. The summed E-state index contributed by atoms with van der Waals surface area (Å²) in [6.45, 7) is 3.81. The molecule has 6 heteroatoms. The van der Waals surface area contributed by atoms with Gasteiger partial charge in [-0.05, 0) is 35.0 Å². The van der Waals surface area contributed by atoms with Crippen molar-refractivity contribution in [1.82, 2.24) is 4.90 Å². The molecular formula is C11H17BrN2OS2. The van der Waals surface area contributed by atoms with Crippen LogP contribution in [0.1, 0.15) is 17.8 Å². The molecule has 0 spiro atoms. The van der Waals surface area contributed by atoms with Crippen molar-refractivity contribution in [2.24, 2.45) is 5.73 Å². The molecule has 1 aromatic heterocycles. The van der Waals surface area contributed by atoms with Crippen molar-refractivity contribution in [2.75, 3.05) is 24.6 Å². The zero-order valence-electron chi connectivity index (χ0n) is 9.77. The van der Waals surface area contributed by atoms with E-state index < -0.39 is 10.8 Å². The Bertz CT molecular complexity index is 398. The molecule has 0 radical (unpaired) electrons. The van der Waals surface area contributed by atoms with Gasteiger partial charge < -0.3 is 5.73 Å². The summed E-state index contributed by atoms with van der Waals surface area (Å²) < 4.78 is 12.5. The minimum absolute atomic E-state index is 0.0899. The van der Waals surface area contributed by atoms with Gasteiger partial charge in [-0.1, -0.05) is 0 Å². The van der Waals surface area contributed by atoms with Crippen molar-refractivity contribution < 1.29 is 4.21 Å².